The van der Waals surface area contributed by atoms with Crippen molar-refractivity contribution in [1.29, 1.82) is 0 Å². The number of amides is 1. The Kier molecular flexibility index (Phi) is 5.28. The molecule has 22 heavy (non-hydrogen) atoms. The van der Waals surface area contributed by atoms with Crippen molar-refractivity contribution >= 4 is 11.5 Å². The molecule has 2 aliphatic rings. The second-order valence-corrected chi connectivity index (χ2v) is 6.36. The van der Waals surface area contributed by atoms with Crippen molar-refractivity contribution in [2.75, 3.05) is 19.6 Å². The molecule has 2 aliphatic heterocycles. The lowest BCUT2D eigenvalue weighted by molar-refractivity contribution is -0.125. The Labute approximate surface area is 133 Å². The van der Waals surface area contributed by atoms with Gasteiger partial charge in [0.15, 0.2) is 0 Å². The molecule has 3 heteroatoms. The zero-order valence-electron chi connectivity index (χ0n) is 13.3. The van der Waals surface area contributed by atoms with Crippen LogP contribution in [0.4, 0.5) is 0 Å². The highest BCUT2D eigenvalue weighted by molar-refractivity contribution is 6.19. The van der Waals surface area contributed by atoms with Crippen molar-refractivity contribution < 1.29 is 4.79 Å². The van der Waals surface area contributed by atoms with E-state index >= 15 is 0 Å². The highest BCUT2D eigenvalue weighted by Crippen LogP contribution is 2.22. The average molecular weight is 298 g/mol. The molecule has 1 aromatic rings. The topological polar surface area (TPSA) is 32.3 Å². The SMILES string of the molecule is O=C(/C(=C\C1CCCN1)c1ccccc1)N1CCCCCC1. The van der Waals surface area contributed by atoms with Gasteiger partial charge in [-0.25, -0.2) is 0 Å². The Morgan fingerprint density at radius 3 is 2.41 bits per heavy atom. The van der Waals surface area contributed by atoms with Crippen LogP contribution in [0.1, 0.15) is 44.1 Å². The molecule has 2 saturated heterocycles. The van der Waals surface area contributed by atoms with Crippen LogP contribution in [-0.2, 0) is 4.79 Å². The zero-order chi connectivity index (χ0) is 15.2. The Hall–Kier alpha value is -1.61. The molecule has 1 aromatic carbocycles. The number of hydrogen-bond acceptors (Lipinski definition) is 2. The molecule has 0 spiro atoms. The Morgan fingerprint density at radius 1 is 1.05 bits per heavy atom. The maximum atomic E-state index is 13.1. The first-order valence-electron chi connectivity index (χ1n) is 8.64. The summed E-state index contributed by atoms with van der Waals surface area (Å²) in [4.78, 5) is 15.1. The number of nitrogens with zero attached hydrogens (tertiary/aromatic N) is 1. The van der Waals surface area contributed by atoms with Gasteiger partial charge in [-0.05, 0) is 37.8 Å². The van der Waals surface area contributed by atoms with E-state index in [-0.39, 0.29) is 5.91 Å². The number of hydrogen-bond donors (Lipinski definition) is 1. The molecule has 1 N–H and O–H groups in total. The van der Waals surface area contributed by atoms with Crippen LogP contribution in [0.25, 0.3) is 5.57 Å². The van der Waals surface area contributed by atoms with Gasteiger partial charge in [0, 0.05) is 24.7 Å². The predicted octanol–water partition coefficient (Wildman–Crippen LogP) is 3.22. The van der Waals surface area contributed by atoms with Crippen LogP contribution >= 0.6 is 0 Å². The van der Waals surface area contributed by atoms with Gasteiger partial charge in [-0.15, -0.1) is 0 Å². The molecule has 0 saturated carbocycles. The van der Waals surface area contributed by atoms with Crippen LogP contribution in [-0.4, -0.2) is 36.5 Å². The van der Waals surface area contributed by atoms with Gasteiger partial charge in [-0.1, -0.05) is 49.2 Å². The number of carbonyl (C=O) groups excluding carboxylic acids is 1. The number of carbonyl (C=O) groups is 1. The predicted molar refractivity (Wildman–Crippen MR) is 90.5 cm³/mol. The average Bonchev–Trinajstić information content (AvgIpc) is 2.92. The maximum absolute atomic E-state index is 13.1. The summed E-state index contributed by atoms with van der Waals surface area (Å²) < 4.78 is 0. The van der Waals surface area contributed by atoms with Crippen LogP contribution < -0.4 is 5.32 Å². The molecule has 0 bridgehead atoms. The van der Waals surface area contributed by atoms with Gasteiger partial charge >= 0.3 is 0 Å². The summed E-state index contributed by atoms with van der Waals surface area (Å²) in [5.41, 5.74) is 1.92. The number of rotatable bonds is 3. The summed E-state index contributed by atoms with van der Waals surface area (Å²) in [7, 11) is 0. The van der Waals surface area contributed by atoms with E-state index in [1.54, 1.807) is 0 Å². The summed E-state index contributed by atoms with van der Waals surface area (Å²) in [5.74, 6) is 0.210. The fourth-order valence-electron chi connectivity index (χ4n) is 3.41. The fourth-order valence-corrected chi connectivity index (χ4v) is 3.41. The van der Waals surface area contributed by atoms with Crippen LogP contribution in [0.3, 0.4) is 0 Å². The van der Waals surface area contributed by atoms with E-state index in [0.717, 1.165) is 50.0 Å². The molecule has 2 heterocycles. The molecule has 3 rings (SSSR count). The zero-order valence-corrected chi connectivity index (χ0v) is 13.3. The summed E-state index contributed by atoms with van der Waals surface area (Å²) >= 11 is 0. The molecule has 2 fully saturated rings. The molecule has 1 amide bonds. The molecule has 1 unspecified atom stereocenters. The Bertz CT molecular complexity index is 509. The van der Waals surface area contributed by atoms with Crippen molar-refractivity contribution in [3.63, 3.8) is 0 Å². The van der Waals surface area contributed by atoms with Crippen molar-refractivity contribution in [3.8, 4) is 0 Å². The number of likely N-dealkylation sites (tertiary alicyclic amines) is 1. The third-order valence-electron chi connectivity index (χ3n) is 4.67. The lowest BCUT2D eigenvalue weighted by Crippen LogP contribution is -2.33. The maximum Gasteiger partial charge on any atom is 0.254 e. The summed E-state index contributed by atoms with van der Waals surface area (Å²) in [6.45, 7) is 2.86. The highest BCUT2D eigenvalue weighted by Gasteiger charge is 2.22. The van der Waals surface area contributed by atoms with Gasteiger partial charge < -0.3 is 10.2 Å². The molecule has 0 aliphatic carbocycles. The molecule has 0 aromatic heterocycles. The minimum Gasteiger partial charge on any atom is -0.339 e. The van der Waals surface area contributed by atoms with Gasteiger partial charge in [0.05, 0.1) is 0 Å². The smallest absolute Gasteiger partial charge is 0.254 e. The van der Waals surface area contributed by atoms with Crippen LogP contribution in [0.2, 0.25) is 0 Å². The second-order valence-electron chi connectivity index (χ2n) is 6.36. The fraction of sp³-hybridized carbons (Fsp3) is 0.526. The molecular weight excluding hydrogens is 272 g/mol. The largest absolute Gasteiger partial charge is 0.339 e. The number of benzene rings is 1. The van der Waals surface area contributed by atoms with Gasteiger partial charge in [-0.3, -0.25) is 4.79 Å². The van der Waals surface area contributed by atoms with E-state index in [2.05, 4.69) is 28.4 Å². The third kappa shape index (κ3) is 3.77. The molecule has 118 valence electrons. The van der Waals surface area contributed by atoms with Gasteiger partial charge in [0.1, 0.15) is 0 Å². The van der Waals surface area contributed by atoms with Crippen LogP contribution in [0, 0.1) is 0 Å². The number of nitrogens with one attached hydrogen (secondary N) is 1. The van der Waals surface area contributed by atoms with E-state index in [9.17, 15) is 4.79 Å². The van der Waals surface area contributed by atoms with Gasteiger partial charge in [0.2, 0.25) is 0 Å². The monoisotopic (exact) mass is 298 g/mol. The highest BCUT2D eigenvalue weighted by atomic mass is 16.2. The third-order valence-corrected chi connectivity index (χ3v) is 4.67. The molecular formula is C19H26N2O. The first-order valence-corrected chi connectivity index (χ1v) is 8.64. The van der Waals surface area contributed by atoms with E-state index in [1.807, 2.05) is 18.2 Å². The molecule has 0 radical (unpaired) electrons. The Balaban J connectivity index is 1.85. The lowest BCUT2D eigenvalue weighted by Gasteiger charge is -2.23. The van der Waals surface area contributed by atoms with E-state index < -0.39 is 0 Å². The quantitative estimate of drug-likeness (QED) is 0.869. The van der Waals surface area contributed by atoms with Crippen molar-refractivity contribution in [2.45, 2.75) is 44.6 Å². The minimum atomic E-state index is 0.210. The second kappa shape index (κ2) is 7.59. The normalized spacial score (nSPS) is 23.4. The van der Waals surface area contributed by atoms with E-state index in [4.69, 9.17) is 0 Å². The van der Waals surface area contributed by atoms with E-state index in [0.29, 0.717) is 6.04 Å². The van der Waals surface area contributed by atoms with Crippen molar-refractivity contribution in [2.24, 2.45) is 0 Å². The lowest BCUT2D eigenvalue weighted by atomic mass is 10.0. The molecule has 3 nitrogen and oxygen atoms in total. The summed E-state index contributed by atoms with van der Waals surface area (Å²) in [6, 6.07) is 10.5. The molecule has 1 atom stereocenters. The van der Waals surface area contributed by atoms with Gasteiger partial charge in [-0.2, -0.15) is 0 Å². The van der Waals surface area contributed by atoms with Crippen LogP contribution in [0.15, 0.2) is 36.4 Å². The van der Waals surface area contributed by atoms with Crippen LogP contribution in [0.5, 0.6) is 0 Å². The standard InChI is InChI=1S/C19H26N2O/c22-19(21-13-6-1-2-7-14-21)18(15-17-11-8-12-20-17)16-9-4-3-5-10-16/h3-5,9-10,15,17,20H,1-2,6-8,11-14H2/b18-15-. The van der Waals surface area contributed by atoms with Crippen molar-refractivity contribution in [3.05, 3.63) is 42.0 Å². The van der Waals surface area contributed by atoms with E-state index in [1.165, 1.54) is 19.3 Å². The van der Waals surface area contributed by atoms with Gasteiger partial charge in [0.25, 0.3) is 5.91 Å². The minimum absolute atomic E-state index is 0.210. The Morgan fingerprint density at radius 2 is 1.77 bits per heavy atom. The first-order chi connectivity index (χ1) is 10.8. The first kappa shape index (κ1) is 15.3. The summed E-state index contributed by atoms with van der Waals surface area (Å²) in [6.07, 6.45) is 9.25. The van der Waals surface area contributed by atoms with Crippen molar-refractivity contribution in [1.82, 2.24) is 10.2 Å². The summed E-state index contributed by atoms with van der Waals surface area (Å²) in [5, 5.41) is 3.48.